The molecule has 1 unspecified atom stereocenters. The number of carbonyl (C=O) groups excluding carboxylic acids is 2. The van der Waals surface area contributed by atoms with E-state index in [-0.39, 0.29) is 18.5 Å². The van der Waals surface area contributed by atoms with Crippen molar-refractivity contribution in [2.45, 2.75) is 58.8 Å². The van der Waals surface area contributed by atoms with Gasteiger partial charge in [-0.05, 0) is 84.1 Å². The van der Waals surface area contributed by atoms with Crippen LogP contribution in [0.15, 0.2) is 22.7 Å². The number of halogens is 1. The quantitative estimate of drug-likeness (QED) is 0.451. The maximum Gasteiger partial charge on any atom is 0.341 e. The summed E-state index contributed by atoms with van der Waals surface area (Å²) >= 11 is 5.01. The van der Waals surface area contributed by atoms with Crippen LogP contribution in [0.4, 0.5) is 5.00 Å². The second-order valence-corrected chi connectivity index (χ2v) is 9.43. The molecule has 0 aliphatic heterocycles. The summed E-state index contributed by atoms with van der Waals surface area (Å²) in [7, 11) is 0. The largest absolute Gasteiger partial charge is 0.483 e. The third-order valence-corrected chi connectivity index (χ3v) is 7.23. The van der Waals surface area contributed by atoms with Gasteiger partial charge in [0.2, 0.25) is 0 Å². The second-order valence-electron chi connectivity index (χ2n) is 7.47. The maximum absolute atomic E-state index is 12.6. The number of nitrogens with one attached hydrogen (secondary N) is 1. The highest BCUT2D eigenvalue weighted by Crippen LogP contribution is 2.38. The number of amides is 1. The van der Waals surface area contributed by atoms with Crippen LogP contribution < -0.4 is 10.1 Å². The second kappa shape index (κ2) is 10.4. The summed E-state index contributed by atoms with van der Waals surface area (Å²) in [6, 6.07) is 5.94. The Morgan fingerprint density at radius 3 is 2.70 bits per heavy atom. The van der Waals surface area contributed by atoms with Crippen molar-refractivity contribution in [2.24, 2.45) is 0 Å². The summed E-state index contributed by atoms with van der Waals surface area (Å²) in [6.45, 7) is 6.29. The van der Waals surface area contributed by atoms with Gasteiger partial charge < -0.3 is 14.8 Å². The highest BCUT2D eigenvalue weighted by molar-refractivity contribution is 9.10. The Morgan fingerprint density at radius 1 is 1.23 bits per heavy atom. The van der Waals surface area contributed by atoms with Crippen LogP contribution in [0.25, 0.3) is 0 Å². The molecule has 0 radical (unpaired) electrons. The molecule has 30 heavy (non-hydrogen) atoms. The first-order valence-electron chi connectivity index (χ1n) is 10.5. The fraction of sp³-hybridized carbons (Fsp3) is 0.478. The van der Waals surface area contributed by atoms with Gasteiger partial charge in [0.05, 0.1) is 16.6 Å². The molecule has 1 aromatic heterocycles. The van der Waals surface area contributed by atoms with E-state index < -0.39 is 0 Å². The van der Waals surface area contributed by atoms with E-state index >= 15 is 0 Å². The smallest absolute Gasteiger partial charge is 0.341 e. The minimum absolute atomic E-state index is 0.133. The molecule has 0 spiro atoms. The van der Waals surface area contributed by atoms with Crippen LogP contribution in [0.2, 0.25) is 0 Å². The molecule has 162 valence electrons. The van der Waals surface area contributed by atoms with Crippen molar-refractivity contribution in [3.8, 4) is 5.75 Å². The monoisotopic (exact) mass is 493 g/mol. The van der Waals surface area contributed by atoms with E-state index in [2.05, 4.69) is 35.1 Å². The summed E-state index contributed by atoms with van der Waals surface area (Å²) in [6.07, 6.45) is 5.00. The normalized spacial score (nSPS) is 14.0. The summed E-state index contributed by atoms with van der Waals surface area (Å²) in [5, 5.41) is 3.44. The van der Waals surface area contributed by atoms with E-state index in [0.717, 1.165) is 42.1 Å². The first-order chi connectivity index (χ1) is 14.4. The molecule has 0 saturated heterocycles. The van der Waals surface area contributed by atoms with Gasteiger partial charge in [-0.1, -0.05) is 19.9 Å². The molecular formula is C23H28BrNO4S. The van der Waals surface area contributed by atoms with E-state index in [9.17, 15) is 9.59 Å². The van der Waals surface area contributed by atoms with Gasteiger partial charge in [0.25, 0.3) is 5.91 Å². The lowest BCUT2D eigenvalue weighted by Crippen LogP contribution is -2.21. The number of aryl methyl sites for hydroxylation is 1. The molecule has 2 aromatic rings. The number of ether oxygens (including phenoxy) is 2. The Morgan fingerprint density at radius 2 is 2.00 bits per heavy atom. The number of anilines is 1. The van der Waals surface area contributed by atoms with Gasteiger partial charge in [-0.25, -0.2) is 4.79 Å². The average Bonchev–Trinajstić information content (AvgIpc) is 3.10. The number of benzene rings is 1. The van der Waals surface area contributed by atoms with E-state index in [4.69, 9.17) is 9.47 Å². The molecule has 1 aliphatic rings. The zero-order valence-corrected chi connectivity index (χ0v) is 20.1. The van der Waals surface area contributed by atoms with Gasteiger partial charge in [0.1, 0.15) is 10.8 Å². The summed E-state index contributed by atoms with van der Waals surface area (Å²) in [5.74, 6) is 0.423. The van der Waals surface area contributed by atoms with Gasteiger partial charge in [-0.3, -0.25) is 4.79 Å². The molecule has 1 amide bonds. The first-order valence-corrected chi connectivity index (χ1v) is 12.1. The molecule has 1 aromatic carbocycles. The number of hydrogen-bond acceptors (Lipinski definition) is 5. The molecule has 1 atom stereocenters. The summed E-state index contributed by atoms with van der Waals surface area (Å²) < 4.78 is 11.8. The summed E-state index contributed by atoms with van der Waals surface area (Å²) in [4.78, 5) is 26.2. The molecular weight excluding hydrogens is 466 g/mol. The Balaban J connectivity index is 1.69. The van der Waals surface area contributed by atoms with Crippen molar-refractivity contribution in [1.82, 2.24) is 0 Å². The molecule has 0 saturated carbocycles. The van der Waals surface area contributed by atoms with Gasteiger partial charge in [-0.2, -0.15) is 0 Å². The number of esters is 1. The minimum atomic E-state index is -0.364. The van der Waals surface area contributed by atoms with Crippen molar-refractivity contribution in [2.75, 3.05) is 18.5 Å². The molecule has 5 nitrogen and oxygen atoms in total. The van der Waals surface area contributed by atoms with Crippen LogP contribution in [0.1, 0.15) is 72.3 Å². The average molecular weight is 494 g/mol. The summed E-state index contributed by atoms with van der Waals surface area (Å²) in [5.41, 5.74) is 2.78. The van der Waals surface area contributed by atoms with Gasteiger partial charge in [0, 0.05) is 4.88 Å². The van der Waals surface area contributed by atoms with Crippen LogP contribution >= 0.6 is 27.3 Å². The van der Waals surface area contributed by atoms with Gasteiger partial charge >= 0.3 is 5.97 Å². The van der Waals surface area contributed by atoms with E-state index in [0.29, 0.717) is 28.8 Å². The third kappa shape index (κ3) is 5.24. The molecule has 1 aliphatic carbocycles. The SMILES string of the molecule is CCOC(=O)c1c(NC(=O)COc2ccc(C(C)CC)cc2Br)sc2c1CCCC2. The van der Waals surface area contributed by atoms with E-state index in [1.165, 1.54) is 21.8 Å². The van der Waals surface area contributed by atoms with Crippen LogP contribution in [0.5, 0.6) is 5.75 Å². The van der Waals surface area contributed by atoms with E-state index in [1.54, 1.807) is 6.92 Å². The Labute approximate surface area is 190 Å². The van der Waals surface area contributed by atoms with Crippen LogP contribution in [-0.2, 0) is 22.4 Å². The molecule has 7 heteroatoms. The lowest BCUT2D eigenvalue weighted by molar-refractivity contribution is -0.118. The number of hydrogen-bond donors (Lipinski definition) is 1. The lowest BCUT2D eigenvalue weighted by atomic mass is 9.95. The van der Waals surface area contributed by atoms with Crippen molar-refractivity contribution in [1.29, 1.82) is 0 Å². The van der Waals surface area contributed by atoms with E-state index in [1.807, 2.05) is 18.2 Å². The van der Waals surface area contributed by atoms with Gasteiger partial charge in [-0.15, -0.1) is 11.3 Å². The number of thiophene rings is 1. The van der Waals surface area contributed by atoms with Crippen molar-refractivity contribution < 1.29 is 19.1 Å². The number of fused-ring (bicyclic) bond motifs is 1. The first kappa shape index (κ1) is 22.8. The van der Waals surface area contributed by atoms with Crippen molar-refractivity contribution >= 4 is 44.1 Å². The minimum Gasteiger partial charge on any atom is -0.483 e. The van der Waals surface area contributed by atoms with Crippen molar-refractivity contribution in [3.05, 3.63) is 44.2 Å². The third-order valence-electron chi connectivity index (χ3n) is 5.40. The predicted octanol–water partition coefficient (Wildman–Crippen LogP) is 6.10. The highest BCUT2D eigenvalue weighted by Gasteiger charge is 2.27. The molecule has 3 rings (SSSR count). The molecule has 0 bridgehead atoms. The molecule has 0 fully saturated rings. The van der Waals surface area contributed by atoms with Crippen molar-refractivity contribution in [3.63, 3.8) is 0 Å². The topological polar surface area (TPSA) is 64.6 Å². The van der Waals surface area contributed by atoms with Gasteiger partial charge in [0.15, 0.2) is 6.61 Å². The Kier molecular flexibility index (Phi) is 7.94. The lowest BCUT2D eigenvalue weighted by Gasteiger charge is -2.13. The molecule has 1 heterocycles. The predicted molar refractivity (Wildman–Crippen MR) is 124 cm³/mol. The fourth-order valence-corrected chi connectivity index (χ4v) is 5.36. The zero-order chi connectivity index (χ0) is 21.7. The zero-order valence-electron chi connectivity index (χ0n) is 17.7. The maximum atomic E-state index is 12.6. The number of rotatable bonds is 8. The van der Waals surface area contributed by atoms with Crippen LogP contribution in [-0.4, -0.2) is 25.1 Å². The number of carbonyl (C=O) groups is 2. The highest BCUT2D eigenvalue weighted by atomic mass is 79.9. The van der Waals surface area contributed by atoms with Crippen LogP contribution in [0, 0.1) is 0 Å². The standard InChI is InChI=1S/C23H28BrNO4S/c1-4-14(3)15-10-11-18(17(24)12-15)29-13-20(26)25-22-21(23(27)28-5-2)16-8-6-7-9-19(16)30-22/h10-12,14H,4-9,13H2,1-3H3,(H,25,26). The Bertz CT molecular complexity index is 924. The fourth-order valence-electron chi connectivity index (χ4n) is 3.56. The molecule has 1 N–H and O–H groups in total. The van der Waals surface area contributed by atoms with Crippen LogP contribution in [0.3, 0.4) is 0 Å². The Hall–Kier alpha value is -1.86.